The van der Waals surface area contributed by atoms with Crippen LogP contribution in [0.2, 0.25) is 5.02 Å². The molecule has 0 bridgehead atoms. The van der Waals surface area contributed by atoms with Gasteiger partial charge in [-0.25, -0.2) is 9.18 Å². The van der Waals surface area contributed by atoms with E-state index in [4.69, 9.17) is 16.3 Å². The van der Waals surface area contributed by atoms with E-state index in [1.807, 2.05) is 0 Å². The van der Waals surface area contributed by atoms with Gasteiger partial charge in [0.2, 0.25) is 0 Å². The molecule has 0 radical (unpaired) electrons. The zero-order chi connectivity index (χ0) is 11.4. The Kier molecular flexibility index (Phi) is 3.91. The van der Waals surface area contributed by atoms with Gasteiger partial charge in [-0.15, -0.1) is 0 Å². The summed E-state index contributed by atoms with van der Waals surface area (Å²) in [5.41, 5.74) is -0.0138. The van der Waals surface area contributed by atoms with Gasteiger partial charge < -0.3 is 9.47 Å². The molecule has 3 nitrogen and oxygen atoms in total. The number of rotatable bonds is 3. The number of carbonyl (C=O) groups excluding carboxylic acids is 1. The number of hydrogen-bond donors (Lipinski definition) is 0. The summed E-state index contributed by atoms with van der Waals surface area (Å²) in [5.74, 6) is -1.40. The zero-order valence-electron chi connectivity index (χ0n) is 8.34. The van der Waals surface area contributed by atoms with E-state index in [1.54, 1.807) is 6.92 Å². The molecule has 0 unspecified atom stereocenters. The maximum Gasteiger partial charge on any atom is 0.339 e. The Hall–Kier alpha value is -1.29. The quantitative estimate of drug-likeness (QED) is 0.752. The highest BCUT2D eigenvalue weighted by atomic mass is 35.5. The van der Waals surface area contributed by atoms with Gasteiger partial charge >= 0.3 is 5.97 Å². The maximum absolute atomic E-state index is 13.5. The lowest BCUT2D eigenvalue weighted by Crippen LogP contribution is -2.04. The van der Waals surface area contributed by atoms with E-state index in [9.17, 15) is 9.18 Å². The summed E-state index contributed by atoms with van der Waals surface area (Å²) in [7, 11) is 1.20. The molecular formula is C10H10ClFO3. The first-order valence-corrected chi connectivity index (χ1v) is 4.68. The van der Waals surface area contributed by atoms with Crippen LogP contribution in [0.5, 0.6) is 5.75 Å². The first-order valence-electron chi connectivity index (χ1n) is 4.31. The zero-order valence-corrected chi connectivity index (χ0v) is 9.10. The molecule has 0 aliphatic rings. The van der Waals surface area contributed by atoms with Crippen molar-refractivity contribution in [2.24, 2.45) is 0 Å². The lowest BCUT2D eigenvalue weighted by Gasteiger charge is -2.08. The highest BCUT2D eigenvalue weighted by molar-refractivity contribution is 6.33. The highest BCUT2D eigenvalue weighted by Crippen LogP contribution is 2.28. The lowest BCUT2D eigenvalue weighted by atomic mass is 10.2. The fraction of sp³-hybridized carbons (Fsp3) is 0.300. The van der Waals surface area contributed by atoms with E-state index in [1.165, 1.54) is 19.2 Å². The molecule has 0 aliphatic heterocycles. The SMILES string of the molecule is CCOc1ccc(C(=O)OC)c(Cl)c1F. The first kappa shape index (κ1) is 11.8. The minimum Gasteiger partial charge on any atom is -0.491 e. The van der Waals surface area contributed by atoms with Gasteiger partial charge in [0.15, 0.2) is 11.6 Å². The Morgan fingerprint density at radius 2 is 2.20 bits per heavy atom. The number of hydrogen-bond acceptors (Lipinski definition) is 3. The van der Waals surface area contributed by atoms with Gasteiger partial charge in [-0.05, 0) is 19.1 Å². The van der Waals surface area contributed by atoms with Crippen molar-refractivity contribution in [1.82, 2.24) is 0 Å². The summed E-state index contributed by atoms with van der Waals surface area (Å²) < 4.78 is 22.9. The van der Waals surface area contributed by atoms with Crippen LogP contribution in [0.3, 0.4) is 0 Å². The molecule has 1 rings (SSSR count). The second kappa shape index (κ2) is 4.98. The maximum atomic E-state index is 13.5. The highest BCUT2D eigenvalue weighted by Gasteiger charge is 2.17. The largest absolute Gasteiger partial charge is 0.491 e. The number of ether oxygens (including phenoxy) is 2. The number of benzene rings is 1. The van der Waals surface area contributed by atoms with Gasteiger partial charge in [-0.1, -0.05) is 11.6 Å². The van der Waals surface area contributed by atoms with Crippen LogP contribution in [-0.2, 0) is 4.74 Å². The molecule has 0 N–H and O–H groups in total. The molecule has 0 aliphatic carbocycles. The van der Waals surface area contributed by atoms with Gasteiger partial charge in [0, 0.05) is 0 Å². The van der Waals surface area contributed by atoms with Crippen LogP contribution in [0.15, 0.2) is 12.1 Å². The van der Waals surface area contributed by atoms with Crippen molar-refractivity contribution in [3.63, 3.8) is 0 Å². The standard InChI is InChI=1S/C10H10ClFO3/c1-3-15-7-5-4-6(10(13)14-2)8(11)9(7)12/h4-5H,3H2,1-2H3. The van der Waals surface area contributed by atoms with Crippen molar-refractivity contribution in [3.8, 4) is 5.75 Å². The average molecular weight is 233 g/mol. The topological polar surface area (TPSA) is 35.5 Å². The molecule has 0 amide bonds. The molecule has 0 aromatic heterocycles. The van der Waals surface area contributed by atoms with Crippen LogP contribution in [-0.4, -0.2) is 19.7 Å². The fourth-order valence-electron chi connectivity index (χ4n) is 1.07. The van der Waals surface area contributed by atoms with E-state index < -0.39 is 11.8 Å². The molecule has 0 saturated heterocycles. The third-order valence-corrected chi connectivity index (χ3v) is 2.12. The summed E-state index contributed by atoms with van der Waals surface area (Å²) in [6.45, 7) is 2.05. The lowest BCUT2D eigenvalue weighted by molar-refractivity contribution is 0.0600. The molecule has 15 heavy (non-hydrogen) atoms. The van der Waals surface area contributed by atoms with E-state index in [0.717, 1.165) is 0 Å². The van der Waals surface area contributed by atoms with Crippen LogP contribution in [0.4, 0.5) is 4.39 Å². The molecule has 82 valence electrons. The summed E-state index contributed by atoms with van der Waals surface area (Å²) in [6, 6.07) is 2.71. The molecule has 0 atom stereocenters. The molecule has 1 aromatic carbocycles. The summed E-state index contributed by atoms with van der Waals surface area (Å²) in [5, 5.41) is -0.284. The van der Waals surface area contributed by atoms with Gasteiger partial charge in [0.1, 0.15) is 0 Å². The van der Waals surface area contributed by atoms with E-state index in [0.29, 0.717) is 6.61 Å². The van der Waals surface area contributed by atoms with Crippen LogP contribution in [0.1, 0.15) is 17.3 Å². The number of esters is 1. The summed E-state index contributed by atoms with van der Waals surface area (Å²) in [6.07, 6.45) is 0. The number of carbonyl (C=O) groups is 1. The van der Waals surface area contributed by atoms with E-state index >= 15 is 0 Å². The van der Waals surface area contributed by atoms with Crippen molar-refractivity contribution >= 4 is 17.6 Å². The van der Waals surface area contributed by atoms with Crippen molar-refractivity contribution in [2.75, 3.05) is 13.7 Å². The Morgan fingerprint density at radius 3 is 2.73 bits per heavy atom. The first-order chi connectivity index (χ1) is 7.11. The molecule has 0 fully saturated rings. The molecular weight excluding hydrogens is 223 g/mol. The number of methoxy groups -OCH3 is 1. The van der Waals surface area contributed by atoms with Crippen LogP contribution < -0.4 is 4.74 Å². The van der Waals surface area contributed by atoms with Gasteiger partial charge in [-0.3, -0.25) is 0 Å². The van der Waals surface area contributed by atoms with Crippen molar-refractivity contribution in [3.05, 3.63) is 28.5 Å². The summed E-state index contributed by atoms with van der Waals surface area (Å²) >= 11 is 5.65. The van der Waals surface area contributed by atoms with Crippen molar-refractivity contribution in [2.45, 2.75) is 6.92 Å². The Balaban J connectivity index is 3.15. The van der Waals surface area contributed by atoms with Crippen molar-refractivity contribution < 1.29 is 18.7 Å². The van der Waals surface area contributed by atoms with Crippen molar-refractivity contribution in [1.29, 1.82) is 0 Å². The Labute approximate surface area is 91.7 Å². The summed E-state index contributed by atoms with van der Waals surface area (Å²) in [4.78, 5) is 11.1. The van der Waals surface area contributed by atoms with Crippen LogP contribution in [0.25, 0.3) is 0 Å². The second-order valence-electron chi connectivity index (χ2n) is 2.66. The van der Waals surface area contributed by atoms with Gasteiger partial charge in [0.05, 0.1) is 24.3 Å². The van der Waals surface area contributed by atoms with Crippen LogP contribution >= 0.6 is 11.6 Å². The van der Waals surface area contributed by atoms with Crippen LogP contribution in [0, 0.1) is 5.82 Å². The van der Waals surface area contributed by atoms with Gasteiger partial charge in [0.25, 0.3) is 0 Å². The molecule has 0 spiro atoms. The number of halogens is 2. The third-order valence-electron chi connectivity index (χ3n) is 1.75. The van der Waals surface area contributed by atoms with Gasteiger partial charge in [-0.2, -0.15) is 0 Å². The third kappa shape index (κ3) is 2.39. The Morgan fingerprint density at radius 1 is 1.53 bits per heavy atom. The molecule has 0 heterocycles. The fourth-order valence-corrected chi connectivity index (χ4v) is 1.30. The predicted molar refractivity (Wildman–Crippen MR) is 53.9 cm³/mol. The molecule has 5 heteroatoms. The smallest absolute Gasteiger partial charge is 0.339 e. The Bertz CT molecular complexity index is 379. The second-order valence-corrected chi connectivity index (χ2v) is 3.04. The molecule has 0 saturated carbocycles. The van der Waals surface area contributed by atoms with E-state index in [2.05, 4.69) is 4.74 Å². The average Bonchev–Trinajstić information content (AvgIpc) is 2.24. The monoisotopic (exact) mass is 232 g/mol. The minimum absolute atomic E-state index is 0.0138. The predicted octanol–water partition coefficient (Wildman–Crippen LogP) is 2.66. The van der Waals surface area contributed by atoms with E-state index in [-0.39, 0.29) is 16.3 Å². The molecule has 1 aromatic rings. The minimum atomic E-state index is -0.749. The normalized spacial score (nSPS) is 9.87.